The van der Waals surface area contributed by atoms with Gasteiger partial charge in [-0.05, 0) is 5.92 Å². The van der Waals surface area contributed by atoms with Gasteiger partial charge in [0.25, 0.3) is 0 Å². The van der Waals surface area contributed by atoms with Crippen LogP contribution in [0.5, 0.6) is 0 Å². The third-order valence-electron chi connectivity index (χ3n) is 0. The van der Waals surface area contributed by atoms with Crippen LogP contribution in [0.2, 0.25) is 0 Å². The van der Waals surface area contributed by atoms with E-state index in [0.717, 1.165) is 5.92 Å². The largest absolute Gasteiger partial charge is 0.760 e. The fraction of sp³-hybridized carbons (Fsp3) is 1.00. The maximum absolute atomic E-state index is 8.78. The summed E-state index contributed by atoms with van der Waals surface area (Å²) in [7, 11) is 0. The normalized spacial score (nSPS) is 12.2. The van der Waals surface area contributed by atoms with E-state index in [0.29, 0.717) is 0 Å². The summed E-state index contributed by atoms with van der Waals surface area (Å²) in [4.78, 5) is 0. The van der Waals surface area contributed by atoms with Crippen molar-refractivity contribution in [2.75, 3.05) is 0 Å². The van der Waals surface area contributed by atoms with Crippen LogP contribution in [0.1, 0.15) is 20.8 Å². The van der Waals surface area contributed by atoms with Crippen molar-refractivity contribution < 1.29 is 8.76 Å². The molecule has 0 saturated heterocycles. The molecule has 0 aromatic heterocycles. The Morgan fingerprint density at radius 1 is 1.50 bits per heavy atom. The van der Waals surface area contributed by atoms with E-state index in [4.69, 9.17) is 8.76 Å². The smallest absolute Gasteiger partial charge is 0.0152 e. The van der Waals surface area contributed by atoms with Crippen molar-refractivity contribution in [1.29, 1.82) is 0 Å². The van der Waals surface area contributed by atoms with Crippen LogP contribution in [-0.2, 0) is 11.3 Å². The van der Waals surface area contributed by atoms with Gasteiger partial charge in [0, 0.05) is 11.3 Å². The summed E-state index contributed by atoms with van der Waals surface area (Å²) in [5.74, 6) is 0.833. The quantitative estimate of drug-likeness (QED) is 0.492. The predicted octanol–water partition coefficient (Wildman–Crippen LogP) is 0.402. The van der Waals surface area contributed by atoms with Crippen molar-refractivity contribution in [3.63, 3.8) is 0 Å². The molecule has 3 nitrogen and oxygen atoms in total. The Hall–Kier alpha value is 0.0700. The minimum Gasteiger partial charge on any atom is -0.760 e. The Bertz CT molecular complexity index is 58.3. The Morgan fingerprint density at radius 2 is 1.50 bits per heavy atom. The highest BCUT2D eigenvalue weighted by Crippen LogP contribution is 1.81. The van der Waals surface area contributed by atoms with Crippen molar-refractivity contribution in [3.8, 4) is 0 Å². The number of hydrogen-bond acceptors (Lipinski definition) is 2. The van der Waals surface area contributed by atoms with E-state index < -0.39 is 11.3 Å². The van der Waals surface area contributed by atoms with E-state index in [-0.39, 0.29) is 0 Å². The molecule has 0 fully saturated rings. The molecule has 0 aromatic rings. The summed E-state index contributed by atoms with van der Waals surface area (Å²) in [5, 5.41) is 4.03. The van der Waals surface area contributed by atoms with Crippen molar-refractivity contribution in [1.82, 2.24) is 0 Å². The first-order chi connectivity index (χ1) is 3.46. The maximum atomic E-state index is 8.78. The molecule has 2 N–H and O–H groups in total. The lowest BCUT2D eigenvalue weighted by atomic mass is 10.3. The Kier molecular flexibility index (Phi) is 9.68. The highest BCUT2D eigenvalue weighted by Gasteiger charge is 1.68. The summed E-state index contributed by atoms with van der Waals surface area (Å²) in [6, 6.07) is 0. The van der Waals surface area contributed by atoms with Crippen LogP contribution < -0.4 is 5.14 Å². The van der Waals surface area contributed by atoms with Gasteiger partial charge in [0.05, 0.1) is 0 Å². The van der Waals surface area contributed by atoms with Crippen LogP contribution >= 0.6 is 0 Å². The third kappa shape index (κ3) is 31800. The molecule has 0 radical (unpaired) electrons. The van der Waals surface area contributed by atoms with Crippen LogP contribution in [0.3, 0.4) is 0 Å². The molecule has 0 amide bonds. The lowest BCUT2D eigenvalue weighted by Crippen LogP contribution is -1.97. The van der Waals surface area contributed by atoms with Crippen LogP contribution in [0.25, 0.3) is 0 Å². The number of hydrogen-bond donors (Lipinski definition) is 1. The van der Waals surface area contributed by atoms with E-state index >= 15 is 0 Å². The predicted molar refractivity (Wildman–Crippen MR) is 33.6 cm³/mol. The average Bonchev–Trinajstić information content (AvgIpc) is 1.25. The van der Waals surface area contributed by atoms with Crippen LogP contribution in [0, 0.1) is 5.92 Å². The van der Waals surface area contributed by atoms with Gasteiger partial charge in [-0.25, -0.2) is 0 Å². The zero-order valence-corrected chi connectivity index (χ0v) is 6.20. The van der Waals surface area contributed by atoms with E-state index in [1.807, 2.05) is 0 Å². The molecular formula is C4H12NO2S-. The number of rotatable bonds is 0. The van der Waals surface area contributed by atoms with Crippen molar-refractivity contribution in [3.05, 3.63) is 0 Å². The average molecular weight is 138 g/mol. The second-order valence-electron chi connectivity index (χ2n) is 1.99. The zero-order valence-electron chi connectivity index (χ0n) is 5.38. The molecule has 1 unspecified atom stereocenters. The van der Waals surface area contributed by atoms with Gasteiger partial charge in [0.15, 0.2) is 0 Å². The highest BCUT2D eigenvalue weighted by atomic mass is 32.2. The van der Waals surface area contributed by atoms with Crippen LogP contribution in [0.4, 0.5) is 0 Å². The Morgan fingerprint density at radius 3 is 1.50 bits per heavy atom. The summed E-state index contributed by atoms with van der Waals surface area (Å²) in [6.07, 6.45) is 0. The lowest BCUT2D eigenvalue weighted by molar-refractivity contribution is 0.539. The highest BCUT2D eigenvalue weighted by molar-refractivity contribution is 7.76. The molecule has 0 saturated carbocycles. The second-order valence-corrected chi connectivity index (χ2v) is 2.51. The van der Waals surface area contributed by atoms with E-state index in [9.17, 15) is 0 Å². The first kappa shape index (κ1) is 10.9. The van der Waals surface area contributed by atoms with Gasteiger partial charge in [-0.3, -0.25) is 9.35 Å². The summed E-state index contributed by atoms with van der Waals surface area (Å²) in [5.41, 5.74) is 0. The van der Waals surface area contributed by atoms with Gasteiger partial charge in [0.1, 0.15) is 0 Å². The summed E-state index contributed by atoms with van der Waals surface area (Å²) in [6.45, 7) is 6.50. The first-order valence-corrected chi connectivity index (χ1v) is 3.44. The molecule has 0 heterocycles. The van der Waals surface area contributed by atoms with E-state index in [1.54, 1.807) is 0 Å². The number of nitrogens with two attached hydrogens (primary N) is 1. The van der Waals surface area contributed by atoms with E-state index in [2.05, 4.69) is 25.9 Å². The van der Waals surface area contributed by atoms with Crippen LogP contribution in [0.15, 0.2) is 0 Å². The third-order valence-corrected chi connectivity index (χ3v) is 0. The topological polar surface area (TPSA) is 66.2 Å². The fourth-order valence-electron chi connectivity index (χ4n) is 0. The fourth-order valence-corrected chi connectivity index (χ4v) is 0. The second kappa shape index (κ2) is 7.07. The van der Waals surface area contributed by atoms with Crippen molar-refractivity contribution in [2.24, 2.45) is 11.1 Å². The Balaban J connectivity index is 0. The SMILES string of the molecule is CC(C)C.NS(=O)[O-]. The molecule has 0 aliphatic rings. The lowest BCUT2D eigenvalue weighted by Gasteiger charge is -1.85. The molecular weight excluding hydrogens is 126 g/mol. The molecule has 0 spiro atoms. The molecule has 52 valence electrons. The minimum absolute atomic E-state index is 0.833. The molecule has 0 aliphatic heterocycles. The van der Waals surface area contributed by atoms with Gasteiger partial charge in [-0.2, -0.15) is 0 Å². The van der Waals surface area contributed by atoms with Gasteiger partial charge in [0.2, 0.25) is 0 Å². The standard InChI is InChI=1S/C4H10.H3NO2S/c2*1-4(2)3/h4H,1-3H3;1H2,(H,2,3)/p-1. The molecule has 4 heteroatoms. The van der Waals surface area contributed by atoms with Gasteiger partial charge < -0.3 is 4.55 Å². The molecule has 0 aromatic carbocycles. The van der Waals surface area contributed by atoms with Gasteiger partial charge in [-0.15, -0.1) is 0 Å². The maximum Gasteiger partial charge on any atom is 0.0152 e. The molecule has 1 atom stereocenters. The molecule has 0 bridgehead atoms. The van der Waals surface area contributed by atoms with Crippen molar-refractivity contribution in [2.45, 2.75) is 20.8 Å². The van der Waals surface area contributed by atoms with Gasteiger partial charge >= 0.3 is 0 Å². The first-order valence-electron chi connectivity index (χ1n) is 2.30. The molecule has 0 aliphatic carbocycles. The zero-order chi connectivity index (χ0) is 7.15. The van der Waals surface area contributed by atoms with Crippen LogP contribution in [-0.4, -0.2) is 8.76 Å². The van der Waals surface area contributed by atoms with Crippen molar-refractivity contribution >= 4 is 11.3 Å². The summed E-state index contributed by atoms with van der Waals surface area (Å²) >= 11 is -2.36. The van der Waals surface area contributed by atoms with E-state index in [1.165, 1.54) is 0 Å². The van der Waals surface area contributed by atoms with Gasteiger partial charge in [-0.1, -0.05) is 20.8 Å². The summed E-state index contributed by atoms with van der Waals surface area (Å²) < 4.78 is 17.6. The molecule has 8 heavy (non-hydrogen) atoms. The monoisotopic (exact) mass is 138 g/mol. The molecule has 0 rings (SSSR count). The minimum atomic E-state index is -2.36. The Labute approximate surface area is 52.7 Å².